The van der Waals surface area contributed by atoms with Crippen molar-refractivity contribution in [2.24, 2.45) is 0 Å². The molecule has 0 aliphatic heterocycles. The molecule has 0 saturated carbocycles. The number of esters is 1. The van der Waals surface area contributed by atoms with Crippen LogP contribution in [-0.4, -0.2) is 20.9 Å². The molecule has 19 heavy (non-hydrogen) atoms. The molecule has 0 saturated heterocycles. The zero-order chi connectivity index (χ0) is 13.8. The van der Waals surface area contributed by atoms with E-state index >= 15 is 0 Å². The van der Waals surface area contributed by atoms with E-state index in [0.717, 1.165) is 11.4 Å². The van der Waals surface area contributed by atoms with Crippen LogP contribution in [0.5, 0.6) is 0 Å². The molecule has 0 radical (unpaired) electrons. The van der Waals surface area contributed by atoms with Gasteiger partial charge in [-0.15, -0.1) is 0 Å². The van der Waals surface area contributed by atoms with E-state index in [-0.39, 0.29) is 12.6 Å². The Kier molecular flexibility index (Phi) is 3.99. The molecule has 2 heterocycles. The number of hydrogen-bond donors (Lipinski definition) is 0. The summed E-state index contributed by atoms with van der Waals surface area (Å²) in [5.41, 5.74) is 2.61. The average Bonchev–Trinajstić information content (AvgIpc) is 2.90. The smallest absolute Gasteiger partial charge is 0.308 e. The van der Waals surface area contributed by atoms with Gasteiger partial charge in [-0.25, -0.2) is 0 Å². The van der Waals surface area contributed by atoms with Crippen LogP contribution in [0.25, 0.3) is 0 Å². The molecule has 0 bridgehead atoms. The molecule has 0 atom stereocenters. The third kappa shape index (κ3) is 3.67. The quantitative estimate of drug-likeness (QED) is 0.771. The summed E-state index contributed by atoms with van der Waals surface area (Å²) in [6.07, 6.45) is 0.290. The first-order valence-corrected chi connectivity index (χ1v) is 6.13. The number of aromatic nitrogens is 3. The van der Waals surface area contributed by atoms with Crippen molar-refractivity contribution >= 4 is 5.97 Å². The van der Waals surface area contributed by atoms with Gasteiger partial charge in [0.25, 0.3) is 0 Å². The predicted octanol–water partition coefficient (Wildman–Crippen LogP) is 1.93. The Bertz CT molecular complexity index is 571. The number of rotatable bonds is 5. The molecule has 2 aromatic heterocycles. The standard InChI is InChI=1S/C13H17N3O3/c1-9-6-10(2)16(14-9)5-4-13(17)18-8-12-7-11(3)19-15-12/h6-7H,4-5,8H2,1-3H3. The molecule has 0 aliphatic rings. The molecule has 102 valence electrons. The molecule has 0 spiro atoms. The van der Waals surface area contributed by atoms with E-state index in [1.54, 1.807) is 17.7 Å². The maximum absolute atomic E-state index is 11.6. The minimum Gasteiger partial charge on any atom is -0.459 e. The first-order valence-electron chi connectivity index (χ1n) is 6.13. The summed E-state index contributed by atoms with van der Waals surface area (Å²) in [4.78, 5) is 11.6. The first-order chi connectivity index (χ1) is 9.04. The molecule has 6 heteroatoms. The SMILES string of the molecule is Cc1cc(C)n(CCC(=O)OCc2cc(C)on2)n1. The lowest BCUT2D eigenvalue weighted by Gasteiger charge is -2.04. The van der Waals surface area contributed by atoms with E-state index in [9.17, 15) is 4.79 Å². The molecule has 0 amide bonds. The van der Waals surface area contributed by atoms with Crippen molar-refractivity contribution in [1.29, 1.82) is 0 Å². The van der Waals surface area contributed by atoms with Crippen LogP contribution in [0.4, 0.5) is 0 Å². The Hall–Kier alpha value is -2.11. The second kappa shape index (κ2) is 5.69. The van der Waals surface area contributed by atoms with Crippen LogP contribution in [0.15, 0.2) is 16.7 Å². The Morgan fingerprint density at radius 3 is 2.74 bits per heavy atom. The second-order valence-corrected chi connectivity index (χ2v) is 4.49. The Labute approximate surface area is 111 Å². The van der Waals surface area contributed by atoms with E-state index < -0.39 is 0 Å². The van der Waals surface area contributed by atoms with Crippen LogP contribution in [0.3, 0.4) is 0 Å². The van der Waals surface area contributed by atoms with E-state index in [4.69, 9.17) is 9.26 Å². The maximum Gasteiger partial charge on any atom is 0.308 e. The van der Waals surface area contributed by atoms with E-state index in [0.29, 0.717) is 24.4 Å². The monoisotopic (exact) mass is 263 g/mol. The lowest BCUT2D eigenvalue weighted by atomic mass is 10.4. The van der Waals surface area contributed by atoms with Gasteiger partial charge in [0.05, 0.1) is 18.7 Å². The van der Waals surface area contributed by atoms with E-state index in [1.165, 1.54) is 0 Å². The van der Waals surface area contributed by atoms with Gasteiger partial charge in [0, 0.05) is 11.8 Å². The van der Waals surface area contributed by atoms with E-state index in [1.807, 2.05) is 19.9 Å². The fraction of sp³-hybridized carbons (Fsp3) is 0.462. The van der Waals surface area contributed by atoms with Gasteiger partial charge in [-0.1, -0.05) is 5.16 Å². The second-order valence-electron chi connectivity index (χ2n) is 4.49. The normalized spacial score (nSPS) is 10.7. The van der Waals surface area contributed by atoms with Gasteiger partial charge in [-0.2, -0.15) is 5.10 Å². The van der Waals surface area contributed by atoms with Crippen LogP contribution in [0, 0.1) is 20.8 Å². The van der Waals surface area contributed by atoms with Gasteiger partial charge in [0.1, 0.15) is 18.1 Å². The Balaban J connectivity index is 1.77. The fourth-order valence-electron chi connectivity index (χ4n) is 1.81. The van der Waals surface area contributed by atoms with Gasteiger partial charge in [0.15, 0.2) is 0 Å². The van der Waals surface area contributed by atoms with Crippen molar-refractivity contribution in [2.45, 2.75) is 40.3 Å². The number of carbonyl (C=O) groups excluding carboxylic acids is 1. The Morgan fingerprint density at radius 1 is 1.37 bits per heavy atom. The molecule has 0 aromatic carbocycles. The summed E-state index contributed by atoms with van der Waals surface area (Å²) >= 11 is 0. The molecule has 0 N–H and O–H groups in total. The van der Waals surface area contributed by atoms with Crippen LogP contribution < -0.4 is 0 Å². The van der Waals surface area contributed by atoms with Crippen molar-refractivity contribution in [1.82, 2.24) is 14.9 Å². The Morgan fingerprint density at radius 2 is 2.16 bits per heavy atom. The molecule has 0 fully saturated rings. The highest BCUT2D eigenvalue weighted by Gasteiger charge is 2.08. The minimum absolute atomic E-state index is 0.146. The van der Waals surface area contributed by atoms with Gasteiger partial charge < -0.3 is 9.26 Å². The van der Waals surface area contributed by atoms with Gasteiger partial charge in [-0.05, 0) is 26.8 Å². The van der Waals surface area contributed by atoms with Crippen molar-refractivity contribution in [3.63, 3.8) is 0 Å². The highest BCUT2D eigenvalue weighted by atomic mass is 16.5. The summed E-state index contributed by atoms with van der Waals surface area (Å²) < 4.78 is 11.8. The number of aryl methyl sites for hydroxylation is 4. The van der Waals surface area contributed by atoms with Gasteiger partial charge in [-0.3, -0.25) is 9.48 Å². The van der Waals surface area contributed by atoms with Crippen LogP contribution in [0.1, 0.15) is 29.3 Å². The molecule has 2 rings (SSSR count). The lowest BCUT2D eigenvalue weighted by Crippen LogP contribution is -2.11. The van der Waals surface area contributed by atoms with Gasteiger partial charge in [0.2, 0.25) is 0 Å². The number of nitrogens with zero attached hydrogens (tertiary/aromatic N) is 3. The zero-order valence-corrected chi connectivity index (χ0v) is 11.3. The summed E-state index contributed by atoms with van der Waals surface area (Å²) in [5, 5.41) is 8.04. The third-order valence-electron chi connectivity index (χ3n) is 2.69. The van der Waals surface area contributed by atoms with Crippen molar-refractivity contribution in [3.05, 3.63) is 35.0 Å². The number of carbonyl (C=O) groups is 1. The third-order valence-corrected chi connectivity index (χ3v) is 2.69. The topological polar surface area (TPSA) is 70.2 Å². The molecule has 0 unspecified atom stereocenters. The molecular weight excluding hydrogens is 246 g/mol. The van der Waals surface area contributed by atoms with Crippen LogP contribution in [-0.2, 0) is 22.7 Å². The van der Waals surface area contributed by atoms with Crippen molar-refractivity contribution in [2.75, 3.05) is 0 Å². The lowest BCUT2D eigenvalue weighted by molar-refractivity contribution is -0.145. The summed E-state index contributed by atoms with van der Waals surface area (Å²) in [6, 6.07) is 3.72. The van der Waals surface area contributed by atoms with Crippen molar-refractivity contribution < 1.29 is 14.1 Å². The summed E-state index contributed by atoms with van der Waals surface area (Å²) in [5.74, 6) is 0.432. The largest absolute Gasteiger partial charge is 0.459 e. The van der Waals surface area contributed by atoms with E-state index in [2.05, 4.69) is 10.3 Å². The summed E-state index contributed by atoms with van der Waals surface area (Å²) in [7, 11) is 0. The van der Waals surface area contributed by atoms with Gasteiger partial charge >= 0.3 is 5.97 Å². The molecule has 6 nitrogen and oxygen atoms in total. The fourth-order valence-corrected chi connectivity index (χ4v) is 1.81. The van der Waals surface area contributed by atoms with Crippen LogP contribution >= 0.6 is 0 Å². The number of ether oxygens (including phenoxy) is 1. The average molecular weight is 263 g/mol. The molecular formula is C13H17N3O3. The highest BCUT2D eigenvalue weighted by molar-refractivity contribution is 5.69. The summed E-state index contributed by atoms with van der Waals surface area (Å²) in [6.45, 7) is 6.35. The predicted molar refractivity (Wildman–Crippen MR) is 67.4 cm³/mol. The highest BCUT2D eigenvalue weighted by Crippen LogP contribution is 2.06. The zero-order valence-electron chi connectivity index (χ0n) is 11.3. The maximum atomic E-state index is 11.6. The van der Waals surface area contributed by atoms with Crippen LogP contribution in [0.2, 0.25) is 0 Å². The minimum atomic E-state index is -0.270. The molecule has 2 aromatic rings. The first kappa shape index (κ1) is 13.3. The van der Waals surface area contributed by atoms with Crippen molar-refractivity contribution in [3.8, 4) is 0 Å². The number of hydrogen-bond acceptors (Lipinski definition) is 5. The molecule has 0 aliphatic carbocycles.